The number of ether oxygens (including phenoxy) is 1. The SMILES string of the molecule is Cc1ccc([C@H](C)NC(=O)COc2cccc(C)c2C)c(C)c1. The fourth-order valence-corrected chi connectivity index (χ4v) is 2.70. The van der Waals surface area contributed by atoms with Crippen molar-refractivity contribution < 1.29 is 9.53 Å². The molecule has 0 fully saturated rings. The second-order valence-corrected chi connectivity index (χ2v) is 6.14. The van der Waals surface area contributed by atoms with Gasteiger partial charge in [-0.1, -0.05) is 35.9 Å². The molecule has 0 saturated carbocycles. The Kier molecular flexibility index (Phi) is 5.43. The Hall–Kier alpha value is -2.29. The van der Waals surface area contributed by atoms with E-state index in [1.165, 1.54) is 11.1 Å². The van der Waals surface area contributed by atoms with E-state index in [2.05, 4.69) is 37.4 Å². The first-order valence-corrected chi connectivity index (χ1v) is 7.94. The third-order valence-electron chi connectivity index (χ3n) is 4.18. The fourth-order valence-electron chi connectivity index (χ4n) is 2.70. The van der Waals surface area contributed by atoms with Gasteiger partial charge in [0.15, 0.2) is 6.61 Å². The summed E-state index contributed by atoms with van der Waals surface area (Å²) in [6.07, 6.45) is 0. The summed E-state index contributed by atoms with van der Waals surface area (Å²) >= 11 is 0. The number of amides is 1. The minimum absolute atomic E-state index is 0.0273. The molecule has 2 rings (SSSR count). The second kappa shape index (κ2) is 7.32. The third-order valence-corrected chi connectivity index (χ3v) is 4.18. The van der Waals surface area contributed by atoms with Gasteiger partial charge in [-0.15, -0.1) is 0 Å². The number of aryl methyl sites for hydroxylation is 3. The highest BCUT2D eigenvalue weighted by molar-refractivity contribution is 5.78. The first-order valence-electron chi connectivity index (χ1n) is 7.94. The Bertz CT molecular complexity index is 707. The van der Waals surface area contributed by atoms with Crippen molar-refractivity contribution in [3.63, 3.8) is 0 Å². The van der Waals surface area contributed by atoms with E-state index >= 15 is 0 Å². The van der Waals surface area contributed by atoms with Crippen molar-refractivity contribution >= 4 is 5.91 Å². The molecule has 1 amide bonds. The van der Waals surface area contributed by atoms with Crippen molar-refractivity contribution in [1.29, 1.82) is 0 Å². The highest BCUT2D eigenvalue weighted by Crippen LogP contribution is 2.21. The summed E-state index contributed by atoms with van der Waals surface area (Å²) in [6.45, 7) is 10.2. The number of nitrogens with one attached hydrogen (secondary N) is 1. The molecule has 0 radical (unpaired) electrons. The molecule has 1 N–H and O–H groups in total. The molecule has 0 aliphatic rings. The topological polar surface area (TPSA) is 38.3 Å². The van der Waals surface area contributed by atoms with Crippen molar-refractivity contribution in [3.05, 3.63) is 64.2 Å². The summed E-state index contributed by atoms with van der Waals surface area (Å²) in [5.74, 6) is 0.651. The first kappa shape index (κ1) is 17.1. The molecule has 2 aromatic rings. The van der Waals surface area contributed by atoms with Crippen molar-refractivity contribution in [2.24, 2.45) is 0 Å². The molecule has 0 bridgehead atoms. The molecule has 122 valence electrons. The van der Waals surface area contributed by atoms with Crippen LogP contribution < -0.4 is 10.1 Å². The van der Waals surface area contributed by atoms with E-state index in [-0.39, 0.29) is 18.6 Å². The van der Waals surface area contributed by atoms with E-state index in [1.54, 1.807) is 0 Å². The number of carbonyl (C=O) groups excluding carboxylic acids is 1. The monoisotopic (exact) mass is 311 g/mol. The van der Waals surface area contributed by atoms with E-state index in [4.69, 9.17) is 4.74 Å². The Balaban J connectivity index is 1.95. The lowest BCUT2D eigenvalue weighted by Gasteiger charge is -2.18. The molecule has 0 saturated heterocycles. The van der Waals surface area contributed by atoms with E-state index in [0.29, 0.717) is 0 Å². The molecule has 3 nitrogen and oxygen atoms in total. The summed E-state index contributed by atoms with van der Waals surface area (Å²) in [6, 6.07) is 12.1. The minimum Gasteiger partial charge on any atom is -0.483 e. The average molecular weight is 311 g/mol. The Labute approximate surface area is 138 Å². The lowest BCUT2D eigenvalue weighted by Crippen LogP contribution is -2.31. The zero-order chi connectivity index (χ0) is 17.0. The molecule has 1 atom stereocenters. The smallest absolute Gasteiger partial charge is 0.258 e. The molecule has 3 heteroatoms. The summed E-state index contributed by atoms with van der Waals surface area (Å²) < 4.78 is 5.65. The molecule has 0 spiro atoms. The lowest BCUT2D eigenvalue weighted by atomic mass is 10.0. The molecular formula is C20H25NO2. The largest absolute Gasteiger partial charge is 0.483 e. The van der Waals surface area contributed by atoms with Crippen LogP contribution in [0.4, 0.5) is 0 Å². The minimum atomic E-state index is -0.113. The summed E-state index contributed by atoms with van der Waals surface area (Å²) in [4.78, 5) is 12.1. The molecule has 0 aliphatic carbocycles. The van der Waals surface area contributed by atoms with Crippen molar-refractivity contribution in [2.75, 3.05) is 6.61 Å². The first-order chi connectivity index (χ1) is 10.9. The van der Waals surface area contributed by atoms with Gasteiger partial charge >= 0.3 is 0 Å². The standard InChI is InChI=1S/C20H25NO2/c1-13-9-10-18(15(3)11-13)17(5)21-20(22)12-23-19-8-6-7-14(2)16(19)4/h6-11,17H,12H2,1-5H3,(H,21,22)/t17-/m0/s1. The van der Waals surface area contributed by atoms with Crippen LogP contribution in [0.2, 0.25) is 0 Å². The fraction of sp³-hybridized carbons (Fsp3) is 0.350. The van der Waals surface area contributed by atoms with Gasteiger partial charge in [0.05, 0.1) is 6.04 Å². The van der Waals surface area contributed by atoms with Crippen molar-refractivity contribution in [3.8, 4) is 5.75 Å². The van der Waals surface area contributed by atoms with Gasteiger partial charge in [-0.2, -0.15) is 0 Å². The summed E-state index contributed by atoms with van der Waals surface area (Å²) in [7, 11) is 0. The van der Waals surface area contributed by atoms with Gasteiger partial charge in [-0.3, -0.25) is 4.79 Å². The molecule has 0 unspecified atom stereocenters. The number of hydrogen-bond acceptors (Lipinski definition) is 2. The predicted octanol–water partition coefficient (Wildman–Crippen LogP) is 4.18. The number of carbonyl (C=O) groups is 1. The zero-order valence-corrected chi connectivity index (χ0v) is 14.6. The van der Waals surface area contributed by atoms with Gasteiger partial charge < -0.3 is 10.1 Å². The second-order valence-electron chi connectivity index (χ2n) is 6.14. The highest BCUT2D eigenvalue weighted by Gasteiger charge is 2.13. The van der Waals surface area contributed by atoms with Gasteiger partial charge in [0, 0.05) is 0 Å². The maximum absolute atomic E-state index is 12.1. The number of hydrogen-bond donors (Lipinski definition) is 1. The summed E-state index contributed by atoms with van der Waals surface area (Å²) in [5.41, 5.74) is 5.78. The maximum Gasteiger partial charge on any atom is 0.258 e. The van der Waals surface area contributed by atoms with Crippen LogP contribution in [0.5, 0.6) is 5.75 Å². The molecule has 0 aliphatic heterocycles. The Morgan fingerprint density at radius 2 is 1.83 bits per heavy atom. The lowest BCUT2D eigenvalue weighted by molar-refractivity contribution is -0.123. The van der Waals surface area contributed by atoms with Gasteiger partial charge in [-0.25, -0.2) is 0 Å². The van der Waals surface area contributed by atoms with E-state index in [9.17, 15) is 4.79 Å². The number of benzene rings is 2. The van der Waals surface area contributed by atoms with Crippen molar-refractivity contribution in [1.82, 2.24) is 5.32 Å². The van der Waals surface area contributed by atoms with E-state index in [0.717, 1.165) is 22.4 Å². The predicted molar refractivity (Wildman–Crippen MR) is 93.9 cm³/mol. The zero-order valence-electron chi connectivity index (χ0n) is 14.6. The molecular weight excluding hydrogens is 286 g/mol. The Morgan fingerprint density at radius 3 is 2.52 bits per heavy atom. The van der Waals surface area contributed by atoms with Crippen LogP contribution in [-0.2, 0) is 4.79 Å². The Morgan fingerprint density at radius 1 is 1.09 bits per heavy atom. The normalized spacial score (nSPS) is 11.9. The van der Waals surface area contributed by atoms with Crippen LogP contribution in [0.15, 0.2) is 36.4 Å². The quantitative estimate of drug-likeness (QED) is 0.899. The van der Waals surface area contributed by atoms with Crippen LogP contribution in [0.1, 0.15) is 40.8 Å². The van der Waals surface area contributed by atoms with Gasteiger partial charge in [0.25, 0.3) is 5.91 Å². The molecule has 0 aromatic heterocycles. The summed E-state index contributed by atoms with van der Waals surface area (Å²) in [5, 5.41) is 3.00. The van der Waals surface area contributed by atoms with E-state index < -0.39 is 0 Å². The average Bonchev–Trinajstić information content (AvgIpc) is 2.48. The van der Waals surface area contributed by atoms with Gasteiger partial charge in [-0.05, 0) is 62.9 Å². The van der Waals surface area contributed by atoms with Crippen LogP contribution in [0.3, 0.4) is 0 Å². The van der Waals surface area contributed by atoms with Crippen LogP contribution in [0.25, 0.3) is 0 Å². The highest BCUT2D eigenvalue weighted by atomic mass is 16.5. The molecule has 23 heavy (non-hydrogen) atoms. The van der Waals surface area contributed by atoms with Crippen LogP contribution in [-0.4, -0.2) is 12.5 Å². The number of rotatable bonds is 5. The van der Waals surface area contributed by atoms with Gasteiger partial charge in [0.1, 0.15) is 5.75 Å². The van der Waals surface area contributed by atoms with Gasteiger partial charge in [0.2, 0.25) is 0 Å². The van der Waals surface area contributed by atoms with Crippen LogP contribution >= 0.6 is 0 Å². The van der Waals surface area contributed by atoms with E-state index in [1.807, 2.05) is 39.0 Å². The maximum atomic E-state index is 12.1. The molecule has 0 heterocycles. The third kappa shape index (κ3) is 4.35. The van der Waals surface area contributed by atoms with Crippen molar-refractivity contribution in [2.45, 2.75) is 40.7 Å². The van der Waals surface area contributed by atoms with Crippen LogP contribution in [0, 0.1) is 27.7 Å². The molecule has 2 aromatic carbocycles.